The summed E-state index contributed by atoms with van der Waals surface area (Å²) in [5, 5.41) is 4.40. The van der Waals surface area contributed by atoms with Gasteiger partial charge in [-0.1, -0.05) is 30.3 Å². The molecule has 0 aliphatic heterocycles. The average molecular weight is 255 g/mol. The maximum Gasteiger partial charge on any atom is 0.289 e. The molecule has 0 atom stereocenters. The highest BCUT2D eigenvalue weighted by Crippen LogP contribution is 2.18. The Hall–Kier alpha value is -2.96. The maximum absolute atomic E-state index is 11.7. The number of benzene rings is 1. The summed E-state index contributed by atoms with van der Waals surface area (Å²) in [6.45, 7) is 0. The topological polar surface area (TPSA) is 118 Å². The van der Waals surface area contributed by atoms with E-state index in [1.807, 2.05) is 18.2 Å². The molecule has 19 heavy (non-hydrogen) atoms. The lowest BCUT2D eigenvalue weighted by Gasteiger charge is -2.03. The van der Waals surface area contributed by atoms with E-state index in [0.717, 1.165) is 5.56 Å². The fraction of sp³-hybridized carbons (Fsp3) is 0. The number of H-pyrrole nitrogens is 2. The van der Waals surface area contributed by atoms with Crippen molar-refractivity contribution in [3.8, 4) is 11.4 Å². The minimum absolute atomic E-state index is 0.00318. The van der Waals surface area contributed by atoms with Crippen molar-refractivity contribution in [2.75, 3.05) is 5.73 Å². The maximum atomic E-state index is 11.7. The zero-order valence-electron chi connectivity index (χ0n) is 9.68. The summed E-state index contributed by atoms with van der Waals surface area (Å²) in [6, 6.07) is 9.08. The van der Waals surface area contributed by atoms with Crippen LogP contribution in [0.4, 0.5) is 5.82 Å². The van der Waals surface area contributed by atoms with Crippen LogP contribution in [-0.4, -0.2) is 20.2 Å². The number of aromatic amines is 2. The first-order valence-corrected chi connectivity index (χ1v) is 5.50. The van der Waals surface area contributed by atoms with Crippen LogP contribution in [0.5, 0.6) is 0 Å². The predicted octanol–water partition coefficient (Wildman–Crippen LogP) is 0.256. The molecule has 0 unspecified atom stereocenters. The Bertz CT molecular complexity index is 867. The van der Waals surface area contributed by atoms with Crippen LogP contribution in [0.2, 0.25) is 0 Å². The van der Waals surface area contributed by atoms with Gasteiger partial charge in [0, 0.05) is 5.56 Å². The van der Waals surface area contributed by atoms with Crippen molar-refractivity contribution in [2.24, 2.45) is 0 Å². The first-order chi connectivity index (χ1) is 9.16. The van der Waals surface area contributed by atoms with Crippen molar-refractivity contribution in [2.45, 2.75) is 0 Å². The summed E-state index contributed by atoms with van der Waals surface area (Å²) in [4.78, 5) is 31.5. The number of fused-ring (bicyclic) bond motifs is 1. The van der Waals surface area contributed by atoms with E-state index < -0.39 is 11.1 Å². The van der Waals surface area contributed by atoms with Crippen molar-refractivity contribution in [1.82, 2.24) is 20.2 Å². The SMILES string of the molecule is Nc1nc(-c2ccccc2)nc2c(=O)[nH][nH]c(=O)c12. The number of nitrogens with two attached hydrogens (primary N) is 1. The standard InChI is InChI=1S/C12H9N5O2/c13-9-7-8(12(19)17-16-11(7)18)14-10(15-9)6-4-2-1-3-5-6/h1-5H,(H,16,18)(H,17,19)(H2,13,14,15). The van der Waals surface area contributed by atoms with Crippen LogP contribution in [0.25, 0.3) is 22.3 Å². The highest BCUT2D eigenvalue weighted by molar-refractivity contribution is 5.87. The zero-order chi connectivity index (χ0) is 13.4. The molecule has 0 amide bonds. The van der Waals surface area contributed by atoms with Gasteiger partial charge in [-0.2, -0.15) is 0 Å². The van der Waals surface area contributed by atoms with E-state index >= 15 is 0 Å². The van der Waals surface area contributed by atoms with Gasteiger partial charge in [0.25, 0.3) is 11.1 Å². The van der Waals surface area contributed by atoms with Gasteiger partial charge >= 0.3 is 0 Å². The fourth-order valence-corrected chi connectivity index (χ4v) is 1.82. The third kappa shape index (κ3) is 1.77. The van der Waals surface area contributed by atoms with Gasteiger partial charge in [-0.05, 0) is 0 Å². The summed E-state index contributed by atoms with van der Waals surface area (Å²) >= 11 is 0. The van der Waals surface area contributed by atoms with E-state index in [9.17, 15) is 9.59 Å². The second kappa shape index (κ2) is 4.05. The van der Waals surface area contributed by atoms with Crippen molar-refractivity contribution in [3.05, 3.63) is 51.0 Å². The van der Waals surface area contributed by atoms with Crippen LogP contribution in [-0.2, 0) is 0 Å². The second-order valence-corrected chi connectivity index (χ2v) is 3.93. The number of nitrogens with one attached hydrogen (secondary N) is 2. The number of nitrogens with zero attached hydrogens (tertiary/aromatic N) is 2. The highest BCUT2D eigenvalue weighted by Gasteiger charge is 2.12. The average Bonchev–Trinajstić information content (AvgIpc) is 2.43. The molecule has 0 fully saturated rings. The van der Waals surface area contributed by atoms with E-state index in [4.69, 9.17) is 5.73 Å². The first-order valence-electron chi connectivity index (χ1n) is 5.50. The lowest BCUT2D eigenvalue weighted by atomic mass is 10.2. The van der Waals surface area contributed by atoms with Crippen molar-refractivity contribution < 1.29 is 0 Å². The van der Waals surface area contributed by atoms with E-state index in [1.54, 1.807) is 12.1 Å². The number of hydrogen-bond donors (Lipinski definition) is 3. The molecular weight excluding hydrogens is 246 g/mol. The van der Waals surface area contributed by atoms with Gasteiger partial charge in [0.2, 0.25) is 0 Å². The molecule has 1 aromatic carbocycles. The molecule has 94 valence electrons. The molecule has 3 rings (SSSR count). The largest absolute Gasteiger partial charge is 0.383 e. The summed E-state index contributed by atoms with van der Waals surface area (Å²) in [5.74, 6) is 0.290. The third-order valence-electron chi connectivity index (χ3n) is 2.70. The minimum Gasteiger partial charge on any atom is -0.383 e. The minimum atomic E-state index is -0.522. The molecule has 0 saturated heterocycles. The van der Waals surface area contributed by atoms with Gasteiger partial charge in [0.15, 0.2) is 5.82 Å². The van der Waals surface area contributed by atoms with Crippen molar-refractivity contribution in [3.63, 3.8) is 0 Å². The fourth-order valence-electron chi connectivity index (χ4n) is 1.82. The summed E-state index contributed by atoms with van der Waals surface area (Å²) in [5.41, 5.74) is 5.41. The molecule has 7 heteroatoms. The van der Waals surface area contributed by atoms with Gasteiger partial charge in [-0.15, -0.1) is 0 Å². The lowest BCUT2D eigenvalue weighted by Crippen LogP contribution is -2.22. The summed E-state index contributed by atoms with van der Waals surface area (Å²) in [7, 11) is 0. The molecule has 0 spiro atoms. The van der Waals surface area contributed by atoms with Crippen LogP contribution < -0.4 is 16.9 Å². The second-order valence-electron chi connectivity index (χ2n) is 3.93. The van der Waals surface area contributed by atoms with Crippen molar-refractivity contribution in [1.29, 1.82) is 0 Å². The normalized spacial score (nSPS) is 10.7. The molecule has 0 saturated carbocycles. The highest BCUT2D eigenvalue weighted by atomic mass is 16.1. The number of aromatic nitrogens is 4. The Balaban J connectivity index is 2.41. The van der Waals surface area contributed by atoms with Crippen LogP contribution in [0.1, 0.15) is 0 Å². The van der Waals surface area contributed by atoms with Gasteiger partial charge in [-0.3, -0.25) is 19.8 Å². The van der Waals surface area contributed by atoms with Crippen LogP contribution in [0, 0.1) is 0 Å². The molecule has 4 N–H and O–H groups in total. The van der Waals surface area contributed by atoms with Gasteiger partial charge in [0.1, 0.15) is 16.7 Å². The number of anilines is 1. The van der Waals surface area contributed by atoms with Crippen LogP contribution >= 0.6 is 0 Å². The molecule has 2 aromatic heterocycles. The van der Waals surface area contributed by atoms with E-state index in [2.05, 4.69) is 20.2 Å². The molecule has 0 aliphatic carbocycles. The molecule has 0 aliphatic rings. The molecule has 0 bridgehead atoms. The first kappa shape index (κ1) is 11.1. The third-order valence-corrected chi connectivity index (χ3v) is 2.70. The van der Waals surface area contributed by atoms with Crippen molar-refractivity contribution >= 4 is 16.7 Å². The van der Waals surface area contributed by atoms with E-state index in [0.29, 0.717) is 5.82 Å². The number of hydrogen-bond acceptors (Lipinski definition) is 5. The smallest absolute Gasteiger partial charge is 0.289 e. The van der Waals surface area contributed by atoms with E-state index in [-0.39, 0.29) is 16.7 Å². The monoisotopic (exact) mass is 255 g/mol. The number of nitrogen functional groups attached to an aromatic ring is 1. The molecule has 0 radical (unpaired) electrons. The molecule has 7 nitrogen and oxygen atoms in total. The Morgan fingerprint density at radius 1 is 0.947 bits per heavy atom. The molecule has 2 heterocycles. The lowest BCUT2D eigenvalue weighted by molar-refractivity contribution is 0.966. The van der Waals surface area contributed by atoms with Gasteiger partial charge < -0.3 is 5.73 Å². The van der Waals surface area contributed by atoms with Gasteiger partial charge in [0.05, 0.1) is 0 Å². The predicted molar refractivity (Wildman–Crippen MR) is 70.6 cm³/mol. The number of rotatable bonds is 1. The van der Waals surface area contributed by atoms with Crippen LogP contribution in [0.15, 0.2) is 39.9 Å². The Labute approximate surface area is 106 Å². The zero-order valence-corrected chi connectivity index (χ0v) is 9.68. The quantitative estimate of drug-likeness (QED) is 0.576. The Morgan fingerprint density at radius 2 is 1.63 bits per heavy atom. The summed E-state index contributed by atoms with van der Waals surface area (Å²) < 4.78 is 0. The van der Waals surface area contributed by atoms with Crippen LogP contribution in [0.3, 0.4) is 0 Å². The molecule has 3 aromatic rings. The van der Waals surface area contributed by atoms with Gasteiger partial charge in [-0.25, -0.2) is 9.97 Å². The summed E-state index contributed by atoms with van der Waals surface area (Å²) in [6.07, 6.45) is 0. The Morgan fingerprint density at radius 3 is 2.37 bits per heavy atom. The van der Waals surface area contributed by atoms with E-state index in [1.165, 1.54) is 0 Å². The Kier molecular flexibility index (Phi) is 2.38. The molecular formula is C12H9N5O2.